The molecule has 2 aliphatic heterocycles. The number of aromatic nitrogens is 2. The van der Waals surface area contributed by atoms with E-state index in [1.54, 1.807) is 6.20 Å². The number of aliphatic hydroxyl groups is 1. The number of methoxy groups -OCH3 is 1. The number of alkyl halides is 3. The molecule has 12 heteroatoms. The highest BCUT2D eigenvalue weighted by Crippen LogP contribution is 2.41. The highest BCUT2D eigenvalue weighted by molar-refractivity contribution is 6.12. The van der Waals surface area contributed by atoms with Gasteiger partial charge in [-0.05, 0) is 50.7 Å². The molecule has 3 atom stereocenters. The maximum absolute atomic E-state index is 13.0. The van der Waals surface area contributed by atoms with E-state index in [0.29, 0.717) is 18.7 Å². The lowest BCUT2D eigenvalue weighted by Gasteiger charge is -2.39. The van der Waals surface area contributed by atoms with Crippen molar-refractivity contribution in [2.75, 3.05) is 18.6 Å². The molecule has 0 spiro atoms. The summed E-state index contributed by atoms with van der Waals surface area (Å²) in [6, 6.07) is 5.63. The Morgan fingerprint density at radius 3 is 2.46 bits per heavy atom. The largest absolute Gasteiger partial charge is 0.573 e. The number of nitrogens with zero attached hydrogens (tertiary/aromatic N) is 3. The Bertz CT molecular complexity index is 1270. The van der Waals surface area contributed by atoms with Gasteiger partial charge in [-0.25, -0.2) is 9.78 Å². The molecule has 1 saturated carbocycles. The minimum atomic E-state index is -4.91. The van der Waals surface area contributed by atoms with Gasteiger partial charge < -0.3 is 24.2 Å². The number of piperidine rings is 1. The van der Waals surface area contributed by atoms with E-state index < -0.39 is 18.1 Å². The maximum Gasteiger partial charge on any atom is 0.573 e. The summed E-state index contributed by atoms with van der Waals surface area (Å²) in [6.45, 7) is -0.108. The van der Waals surface area contributed by atoms with Crippen molar-refractivity contribution in [1.29, 1.82) is 5.41 Å². The van der Waals surface area contributed by atoms with E-state index in [2.05, 4.69) is 19.6 Å². The lowest BCUT2D eigenvalue weighted by atomic mass is 9.98. The van der Waals surface area contributed by atoms with Gasteiger partial charge in [-0.2, -0.15) is 0 Å². The summed E-state index contributed by atoms with van der Waals surface area (Å²) in [5.74, 6) is -0.610. The van der Waals surface area contributed by atoms with Crippen LogP contribution in [-0.4, -0.2) is 65.0 Å². The first kappa shape index (κ1) is 26.9. The van der Waals surface area contributed by atoms with Crippen molar-refractivity contribution < 1.29 is 37.3 Å². The Kier molecular flexibility index (Phi) is 7.48. The highest BCUT2D eigenvalue weighted by Gasteiger charge is 2.42. The molecule has 3 fully saturated rings. The van der Waals surface area contributed by atoms with E-state index in [4.69, 9.17) is 14.9 Å². The lowest BCUT2D eigenvalue weighted by Crippen LogP contribution is -2.46. The fraction of sp³-hybridized carbons (Fsp3) is 0.481. The van der Waals surface area contributed by atoms with E-state index in [9.17, 15) is 23.1 Å². The maximum atomic E-state index is 13.0. The Labute approximate surface area is 223 Å². The van der Waals surface area contributed by atoms with Crippen molar-refractivity contribution in [2.45, 2.75) is 63.1 Å². The Morgan fingerprint density at radius 2 is 1.82 bits per heavy atom. The van der Waals surface area contributed by atoms with Crippen LogP contribution in [0.25, 0.3) is 0 Å². The first-order valence-electron chi connectivity index (χ1n) is 12.8. The summed E-state index contributed by atoms with van der Waals surface area (Å²) in [6.07, 6.45) is 2.49. The predicted octanol–water partition coefficient (Wildman–Crippen LogP) is 4.97. The zero-order valence-electron chi connectivity index (χ0n) is 21.3. The Morgan fingerprint density at radius 1 is 1.13 bits per heavy atom. The normalized spacial score (nSPS) is 23.3. The lowest BCUT2D eigenvalue weighted by molar-refractivity contribution is -0.274. The molecule has 0 amide bonds. The smallest absolute Gasteiger partial charge is 0.512 e. The second kappa shape index (κ2) is 10.8. The number of hydrogen-bond donors (Lipinski definition) is 2. The van der Waals surface area contributed by atoms with Crippen LogP contribution in [0.15, 0.2) is 48.0 Å². The summed E-state index contributed by atoms with van der Waals surface area (Å²) >= 11 is 0. The van der Waals surface area contributed by atoms with Gasteiger partial charge in [0, 0.05) is 29.1 Å². The van der Waals surface area contributed by atoms with Crippen LogP contribution in [0.2, 0.25) is 0 Å². The average Bonchev–Trinajstić information content (AvgIpc) is 3.72. The van der Waals surface area contributed by atoms with Gasteiger partial charge in [-0.3, -0.25) is 10.4 Å². The molecule has 9 nitrogen and oxygen atoms in total. The van der Waals surface area contributed by atoms with Crippen molar-refractivity contribution in [2.24, 2.45) is 5.92 Å². The predicted molar refractivity (Wildman–Crippen MR) is 134 cm³/mol. The van der Waals surface area contributed by atoms with Crippen LogP contribution >= 0.6 is 0 Å². The number of rotatable bonds is 9. The van der Waals surface area contributed by atoms with Crippen molar-refractivity contribution in [3.8, 4) is 5.75 Å². The summed E-state index contributed by atoms with van der Waals surface area (Å²) in [5.41, 5.74) is -0.0253. The number of carbonyl (C=O) groups excluding carboxylic acids is 1. The van der Waals surface area contributed by atoms with Crippen LogP contribution in [0.5, 0.6) is 5.75 Å². The van der Waals surface area contributed by atoms with Gasteiger partial charge in [0.25, 0.3) is 0 Å². The molecule has 2 N–H and O–H groups in total. The SMILES string of the molecule is COC(=O)c1cncc(N2C3CC[C@H]2CC(OC/C(C(=N)c2ccccc2OC(F)(F)F)=C(/O)C2CC2)C3)n1. The van der Waals surface area contributed by atoms with Gasteiger partial charge in [-0.1, -0.05) is 12.1 Å². The van der Waals surface area contributed by atoms with Crippen molar-refractivity contribution >= 4 is 17.5 Å². The number of aliphatic hydroxyl groups excluding tert-OH is 1. The summed E-state index contributed by atoms with van der Waals surface area (Å²) in [5, 5.41) is 19.6. The molecule has 3 heterocycles. The number of nitrogens with one attached hydrogen (secondary N) is 1. The van der Waals surface area contributed by atoms with Crippen molar-refractivity contribution in [3.63, 3.8) is 0 Å². The van der Waals surface area contributed by atoms with Crippen molar-refractivity contribution in [3.05, 3.63) is 59.2 Å². The Hall–Kier alpha value is -3.67. The first-order valence-corrected chi connectivity index (χ1v) is 12.8. The molecule has 0 radical (unpaired) electrons. The van der Waals surface area contributed by atoms with Gasteiger partial charge >= 0.3 is 12.3 Å². The number of allylic oxidation sites excluding steroid dienone is 1. The molecule has 1 aliphatic carbocycles. The van der Waals surface area contributed by atoms with Crippen LogP contribution in [0.3, 0.4) is 0 Å². The molecule has 1 aromatic carbocycles. The summed E-state index contributed by atoms with van der Waals surface area (Å²) in [7, 11) is 1.29. The van der Waals surface area contributed by atoms with Crippen molar-refractivity contribution in [1.82, 2.24) is 9.97 Å². The van der Waals surface area contributed by atoms with E-state index in [0.717, 1.165) is 31.7 Å². The molecular weight excluding hydrogens is 517 g/mol. The minimum absolute atomic E-state index is 0.0166. The zero-order valence-corrected chi connectivity index (χ0v) is 21.3. The fourth-order valence-corrected chi connectivity index (χ4v) is 5.45. The number of fused-ring (bicyclic) bond motifs is 2. The van der Waals surface area contributed by atoms with Crippen LogP contribution in [0, 0.1) is 11.3 Å². The quantitative estimate of drug-likeness (QED) is 0.257. The number of halogens is 3. The number of benzene rings is 1. The van der Waals surface area contributed by atoms with Crippen LogP contribution in [-0.2, 0) is 9.47 Å². The summed E-state index contributed by atoms with van der Waals surface area (Å²) < 4.78 is 54.0. The van der Waals surface area contributed by atoms with Crippen LogP contribution in [0.1, 0.15) is 54.6 Å². The third-order valence-corrected chi connectivity index (χ3v) is 7.39. The van der Waals surface area contributed by atoms with E-state index >= 15 is 0 Å². The molecular formula is C27H29F3N4O5. The zero-order chi connectivity index (χ0) is 27.7. The minimum Gasteiger partial charge on any atom is -0.512 e. The number of anilines is 1. The fourth-order valence-electron chi connectivity index (χ4n) is 5.45. The van der Waals surface area contributed by atoms with Crippen LogP contribution < -0.4 is 9.64 Å². The molecule has 208 valence electrons. The molecule has 1 aromatic heterocycles. The molecule has 3 aliphatic rings. The second-order valence-electron chi connectivity index (χ2n) is 10.0. The topological polar surface area (TPSA) is 118 Å². The summed E-state index contributed by atoms with van der Waals surface area (Å²) in [4.78, 5) is 22.7. The van der Waals surface area contributed by atoms with Gasteiger partial charge in [0.2, 0.25) is 0 Å². The number of esters is 1. The highest BCUT2D eigenvalue weighted by atomic mass is 19.4. The second-order valence-corrected chi connectivity index (χ2v) is 10.0. The number of hydrogen-bond acceptors (Lipinski definition) is 9. The average molecular weight is 547 g/mol. The van der Waals surface area contributed by atoms with Crippen LogP contribution in [0.4, 0.5) is 19.0 Å². The Balaban J connectivity index is 1.30. The van der Waals surface area contributed by atoms with Gasteiger partial charge in [0.1, 0.15) is 17.3 Å². The van der Waals surface area contributed by atoms with Gasteiger partial charge in [0.15, 0.2) is 5.69 Å². The molecule has 39 heavy (non-hydrogen) atoms. The third kappa shape index (κ3) is 6.00. The number of ether oxygens (including phenoxy) is 3. The molecule has 2 unspecified atom stereocenters. The number of para-hydroxylation sites is 1. The monoisotopic (exact) mass is 546 g/mol. The first-order chi connectivity index (χ1) is 18.6. The van der Waals surface area contributed by atoms with E-state index in [1.807, 2.05) is 0 Å². The standard InChI is InChI=1S/C27H29F3N4O5/c1-37-26(36)21-12-32-13-23(33-21)34-16-8-9-17(34)11-18(10-16)38-14-20(25(35)15-6-7-15)24(31)19-4-2-3-5-22(19)39-27(28,29)30/h2-5,12-13,15-18,31,35H,6-11,14H2,1H3/b25-20-,31-24?/t16-,17?,18?/m0/s1. The van der Waals surface area contributed by atoms with E-state index in [1.165, 1.54) is 31.5 Å². The van der Waals surface area contributed by atoms with E-state index in [-0.39, 0.29) is 59.0 Å². The van der Waals surface area contributed by atoms with Gasteiger partial charge in [-0.15, -0.1) is 13.2 Å². The van der Waals surface area contributed by atoms with Gasteiger partial charge in [0.05, 0.1) is 37.9 Å². The molecule has 2 aromatic rings. The third-order valence-electron chi connectivity index (χ3n) is 7.39. The molecule has 2 saturated heterocycles. The number of carbonyl (C=O) groups is 1. The molecule has 2 bridgehead atoms. The molecule has 5 rings (SSSR count).